The lowest BCUT2D eigenvalue weighted by molar-refractivity contribution is -0.154. The topological polar surface area (TPSA) is 299 Å². The molecule has 0 unspecified atom stereocenters. The molecular formula is C67H114O23. The molecule has 0 aliphatic carbocycles. The summed E-state index contributed by atoms with van der Waals surface area (Å²) in [6.45, 7) is 6.89. The summed E-state index contributed by atoms with van der Waals surface area (Å²) >= 11 is 0. The minimum absolute atomic E-state index is 0.0301. The van der Waals surface area contributed by atoms with E-state index in [9.17, 15) is 52.7 Å². The van der Waals surface area contributed by atoms with Crippen LogP contribution in [0, 0.1) is 5.92 Å². The number of carbonyl (C=O) groups excluding carboxylic acids is 11. The average Bonchev–Trinajstić information content (AvgIpc) is 3.54. The first kappa shape index (κ1) is 84.1. The molecule has 0 aromatic rings. The maximum absolute atomic E-state index is 12.1. The zero-order valence-corrected chi connectivity index (χ0v) is 55.2. The second-order valence-electron chi connectivity index (χ2n) is 22.6. The molecule has 23 nitrogen and oxygen atoms in total. The minimum Gasteiger partial charge on any atom is -0.466 e. The summed E-state index contributed by atoms with van der Waals surface area (Å²) in [5, 5.41) is 0. The maximum atomic E-state index is 12.1. The lowest BCUT2D eigenvalue weighted by Crippen LogP contribution is -2.17. The second kappa shape index (κ2) is 63.3. The average molecular weight is 1290 g/mol. The molecule has 520 valence electrons. The fourth-order valence-corrected chi connectivity index (χ4v) is 8.49. The number of rotatable bonds is 64. The van der Waals surface area contributed by atoms with E-state index in [2.05, 4.69) is 0 Å². The molecule has 0 rings (SSSR count). The first-order chi connectivity index (χ1) is 43.6. The Bertz CT molecular complexity index is 1900. The van der Waals surface area contributed by atoms with Crippen LogP contribution in [0.2, 0.25) is 0 Å². The third-order valence-electron chi connectivity index (χ3n) is 13.9. The molecule has 90 heavy (non-hydrogen) atoms. The third-order valence-corrected chi connectivity index (χ3v) is 13.9. The van der Waals surface area contributed by atoms with Gasteiger partial charge < -0.3 is 56.8 Å². The van der Waals surface area contributed by atoms with Crippen molar-refractivity contribution in [2.45, 2.75) is 271 Å². The number of esters is 11. The molecule has 0 aliphatic heterocycles. The summed E-state index contributed by atoms with van der Waals surface area (Å²) in [5.41, 5.74) is 0. The molecule has 0 N–H and O–H groups in total. The van der Waals surface area contributed by atoms with E-state index in [1.165, 1.54) is 0 Å². The molecule has 0 fully saturated rings. The Kier molecular flexibility index (Phi) is 59.2. The molecule has 0 radical (unpaired) electrons. The SMILES string of the molecule is COCCCCCC(=O)OCCCCCC(=O)OCCCCCC(=O)OCCCCCC(=O)OCCCCCC(=O)OCCCCCC(=O)OCCCCCC(=O)OCCCCCC(=O)OCCCCCC(=O)OCCCCCC(=O)OCCOC(=O)C(C)C. The lowest BCUT2D eigenvalue weighted by atomic mass is 10.2. The summed E-state index contributed by atoms with van der Waals surface area (Å²) in [5.74, 6) is -3.32. The number of ether oxygens (including phenoxy) is 12. The molecule has 0 saturated heterocycles. The van der Waals surface area contributed by atoms with Crippen molar-refractivity contribution in [3.63, 3.8) is 0 Å². The van der Waals surface area contributed by atoms with Crippen LogP contribution in [-0.2, 0) is 110 Å². The highest BCUT2D eigenvalue weighted by molar-refractivity contribution is 5.73. The van der Waals surface area contributed by atoms with Gasteiger partial charge in [-0.15, -0.1) is 0 Å². The Balaban J connectivity index is 3.52. The van der Waals surface area contributed by atoms with Crippen molar-refractivity contribution in [3.05, 3.63) is 0 Å². The van der Waals surface area contributed by atoms with Crippen LogP contribution in [-0.4, -0.2) is 152 Å². The molecule has 0 aromatic heterocycles. The predicted octanol–water partition coefficient (Wildman–Crippen LogP) is 11.9. The fraction of sp³-hybridized carbons (Fsp3) is 0.836. The largest absolute Gasteiger partial charge is 0.466 e. The van der Waals surface area contributed by atoms with E-state index in [0.717, 1.165) is 57.8 Å². The molecule has 23 heteroatoms. The van der Waals surface area contributed by atoms with Crippen LogP contribution in [0.15, 0.2) is 0 Å². The van der Waals surface area contributed by atoms with Gasteiger partial charge in [0, 0.05) is 77.9 Å². The lowest BCUT2D eigenvalue weighted by Gasteiger charge is -2.08. The number of hydrogen-bond donors (Lipinski definition) is 0. The van der Waals surface area contributed by atoms with Crippen molar-refractivity contribution >= 4 is 65.7 Å². The summed E-state index contributed by atoms with van der Waals surface area (Å²) in [4.78, 5) is 131. The van der Waals surface area contributed by atoms with Crippen LogP contribution >= 0.6 is 0 Å². The van der Waals surface area contributed by atoms with Gasteiger partial charge in [0.25, 0.3) is 0 Å². The van der Waals surface area contributed by atoms with Crippen LogP contribution in [0.5, 0.6) is 0 Å². The molecule has 0 amide bonds. The normalized spacial score (nSPS) is 10.9. The van der Waals surface area contributed by atoms with Crippen molar-refractivity contribution in [3.8, 4) is 0 Å². The van der Waals surface area contributed by atoms with Crippen molar-refractivity contribution < 1.29 is 110 Å². The molecule has 0 atom stereocenters. The van der Waals surface area contributed by atoms with Gasteiger partial charge in [-0.05, 0) is 186 Å². The highest BCUT2D eigenvalue weighted by atomic mass is 16.6. The van der Waals surface area contributed by atoms with Crippen molar-refractivity contribution in [2.75, 3.05) is 86.4 Å². The van der Waals surface area contributed by atoms with Gasteiger partial charge in [0.1, 0.15) is 13.2 Å². The van der Waals surface area contributed by atoms with Gasteiger partial charge in [0.05, 0.1) is 65.4 Å². The Hall–Kier alpha value is -5.87. The zero-order valence-electron chi connectivity index (χ0n) is 55.2. The van der Waals surface area contributed by atoms with Crippen molar-refractivity contribution in [1.82, 2.24) is 0 Å². The second-order valence-corrected chi connectivity index (χ2v) is 22.6. The van der Waals surface area contributed by atoms with E-state index in [4.69, 9.17) is 56.8 Å². The van der Waals surface area contributed by atoms with E-state index in [1.54, 1.807) is 21.0 Å². The number of unbranched alkanes of at least 4 members (excludes halogenated alkanes) is 20. The van der Waals surface area contributed by atoms with E-state index in [-0.39, 0.29) is 169 Å². The Morgan fingerprint density at radius 1 is 0.189 bits per heavy atom. The van der Waals surface area contributed by atoms with Gasteiger partial charge in [0.2, 0.25) is 0 Å². The molecular weight excluding hydrogens is 1170 g/mol. The Morgan fingerprint density at radius 2 is 0.333 bits per heavy atom. The standard InChI is InChI=1S/C67H114O23/c1-56(2)67(78)90-55-54-89-66(77)43-23-13-33-53-88-65(76)42-22-12-32-52-87-64(75)41-21-11-31-51-86-63(74)40-20-10-30-50-85-62(73)39-19-9-29-49-84-61(72)38-18-8-28-48-83-60(71)37-17-7-27-47-82-59(70)36-16-6-26-46-81-58(69)35-15-5-25-45-80-57(68)34-14-4-24-44-79-3/h56H,4-55H2,1-3H3. The van der Waals surface area contributed by atoms with E-state index < -0.39 is 0 Å². The monoisotopic (exact) mass is 1290 g/mol. The number of carbonyl (C=O) groups is 11. The molecule has 0 heterocycles. The van der Waals surface area contributed by atoms with Crippen LogP contribution in [0.25, 0.3) is 0 Å². The van der Waals surface area contributed by atoms with E-state index in [0.29, 0.717) is 181 Å². The van der Waals surface area contributed by atoms with E-state index in [1.807, 2.05) is 0 Å². The van der Waals surface area contributed by atoms with Crippen LogP contribution in [0.1, 0.15) is 271 Å². The predicted molar refractivity (Wildman–Crippen MR) is 332 cm³/mol. The maximum Gasteiger partial charge on any atom is 0.308 e. The summed E-state index contributed by atoms with van der Waals surface area (Å²) in [6.07, 6.45) is 23.7. The van der Waals surface area contributed by atoms with Crippen LogP contribution in [0.3, 0.4) is 0 Å². The number of hydrogen-bond acceptors (Lipinski definition) is 23. The first-order valence-electron chi connectivity index (χ1n) is 33.8. The van der Waals surface area contributed by atoms with E-state index >= 15 is 0 Å². The number of methoxy groups -OCH3 is 1. The smallest absolute Gasteiger partial charge is 0.308 e. The Labute approximate surface area is 536 Å². The van der Waals surface area contributed by atoms with Gasteiger partial charge >= 0.3 is 65.7 Å². The molecule has 0 saturated carbocycles. The molecule has 0 aliphatic rings. The van der Waals surface area contributed by atoms with Crippen LogP contribution < -0.4 is 0 Å². The minimum atomic E-state index is -0.359. The first-order valence-corrected chi connectivity index (χ1v) is 33.8. The zero-order chi connectivity index (χ0) is 66.2. The molecule has 0 bridgehead atoms. The highest BCUT2D eigenvalue weighted by Crippen LogP contribution is 2.13. The molecule has 0 spiro atoms. The van der Waals surface area contributed by atoms with Gasteiger partial charge in [-0.25, -0.2) is 0 Å². The van der Waals surface area contributed by atoms with Crippen LogP contribution in [0.4, 0.5) is 0 Å². The van der Waals surface area contributed by atoms with Gasteiger partial charge in [-0.3, -0.25) is 52.7 Å². The van der Waals surface area contributed by atoms with Crippen molar-refractivity contribution in [1.29, 1.82) is 0 Å². The summed E-state index contributed by atoms with van der Waals surface area (Å²) in [6, 6.07) is 0. The third kappa shape index (κ3) is 62.3. The quantitative estimate of drug-likeness (QED) is 0.0310. The Morgan fingerprint density at radius 3 is 0.489 bits per heavy atom. The summed E-state index contributed by atoms with van der Waals surface area (Å²) < 4.78 is 62.5. The van der Waals surface area contributed by atoms with Gasteiger partial charge in [-0.2, -0.15) is 0 Å². The van der Waals surface area contributed by atoms with Crippen molar-refractivity contribution in [2.24, 2.45) is 5.92 Å². The van der Waals surface area contributed by atoms with Gasteiger partial charge in [0.15, 0.2) is 0 Å². The molecule has 0 aromatic carbocycles. The summed E-state index contributed by atoms with van der Waals surface area (Å²) in [7, 11) is 1.66. The van der Waals surface area contributed by atoms with Gasteiger partial charge in [-0.1, -0.05) is 20.3 Å². The fourth-order valence-electron chi connectivity index (χ4n) is 8.49. The highest BCUT2D eigenvalue weighted by Gasteiger charge is 2.13.